The first-order valence-electron chi connectivity index (χ1n) is 8.50. The minimum atomic E-state index is -1.04. The fourth-order valence-electron chi connectivity index (χ4n) is 3.01. The van der Waals surface area contributed by atoms with E-state index >= 15 is 0 Å². The molecule has 0 spiro atoms. The third-order valence-corrected chi connectivity index (χ3v) is 4.95. The molecule has 6 heteroatoms. The Bertz CT molecular complexity index is 839. The summed E-state index contributed by atoms with van der Waals surface area (Å²) in [5.74, 6) is 0.553. The molecule has 3 amide bonds. The fourth-order valence-corrected chi connectivity index (χ4v) is 3.41. The Morgan fingerprint density at radius 2 is 1.92 bits per heavy atom. The average Bonchev–Trinajstić information content (AvgIpc) is 2.82. The Hall–Kier alpha value is -2.34. The second-order valence-corrected chi connectivity index (χ2v) is 7.46. The van der Waals surface area contributed by atoms with Gasteiger partial charge in [0.25, 0.3) is 5.91 Å². The monoisotopic (exact) mass is 416 g/mol. The molecule has 1 unspecified atom stereocenters. The molecule has 1 saturated heterocycles. The van der Waals surface area contributed by atoms with E-state index in [1.807, 2.05) is 55.5 Å². The number of benzene rings is 2. The van der Waals surface area contributed by atoms with Crippen molar-refractivity contribution < 1.29 is 14.3 Å². The molecule has 1 heterocycles. The number of urea groups is 1. The van der Waals surface area contributed by atoms with Gasteiger partial charge < -0.3 is 10.1 Å². The summed E-state index contributed by atoms with van der Waals surface area (Å²) in [7, 11) is 0. The van der Waals surface area contributed by atoms with Crippen LogP contribution in [0.4, 0.5) is 4.79 Å². The predicted octanol–water partition coefficient (Wildman–Crippen LogP) is 3.99. The van der Waals surface area contributed by atoms with Gasteiger partial charge in [0.15, 0.2) is 0 Å². The van der Waals surface area contributed by atoms with Crippen molar-refractivity contribution in [3.05, 3.63) is 64.1 Å². The van der Waals surface area contributed by atoms with Crippen LogP contribution < -0.4 is 10.1 Å². The van der Waals surface area contributed by atoms with Gasteiger partial charge in [0.05, 0.1) is 6.61 Å². The number of ether oxygens (including phenoxy) is 1. The lowest BCUT2D eigenvalue weighted by Gasteiger charge is -2.22. The molecule has 1 fully saturated rings. The molecule has 0 radical (unpaired) electrons. The average molecular weight is 417 g/mol. The number of nitrogens with zero attached hydrogens (tertiary/aromatic N) is 1. The van der Waals surface area contributed by atoms with Crippen LogP contribution >= 0.6 is 15.9 Å². The molecule has 0 saturated carbocycles. The molecule has 3 rings (SSSR count). The van der Waals surface area contributed by atoms with Crippen molar-refractivity contribution in [2.24, 2.45) is 0 Å². The van der Waals surface area contributed by atoms with Gasteiger partial charge in [0.2, 0.25) is 0 Å². The van der Waals surface area contributed by atoms with Gasteiger partial charge in [0.1, 0.15) is 11.3 Å². The summed E-state index contributed by atoms with van der Waals surface area (Å²) >= 11 is 3.41. The first-order chi connectivity index (χ1) is 12.4. The highest BCUT2D eigenvalue weighted by atomic mass is 79.9. The first kappa shape index (κ1) is 18.5. The maximum absolute atomic E-state index is 12.8. The highest BCUT2D eigenvalue weighted by molar-refractivity contribution is 9.10. The number of aryl methyl sites for hydroxylation is 1. The highest BCUT2D eigenvalue weighted by Gasteiger charge is 2.48. The number of amides is 3. The van der Waals surface area contributed by atoms with E-state index in [0.29, 0.717) is 19.6 Å². The number of halogens is 1. The lowest BCUT2D eigenvalue weighted by atomic mass is 9.92. The normalized spacial score (nSPS) is 19.6. The van der Waals surface area contributed by atoms with Crippen LogP contribution in [0.15, 0.2) is 53.0 Å². The second-order valence-electron chi connectivity index (χ2n) is 6.54. The molecule has 2 aromatic rings. The molecular formula is C20H21BrN2O3. The SMILES string of the molecule is Cc1cccc(OCCCN2C(=O)NC(C)(c3cccc(Br)c3)C2=O)c1. The number of hydrogen-bond donors (Lipinski definition) is 1. The summed E-state index contributed by atoms with van der Waals surface area (Å²) in [5, 5.41) is 2.82. The zero-order valence-corrected chi connectivity index (χ0v) is 16.4. The lowest BCUT2D eigenvalue weighted by Crippen LogP contribution is -2.41. The number of carbonyl (C=O) groups is 2. The molecule has 0 bridgehead atoms. The largest absolute Gasteiger partial charge is 0.494 e. The van der Waals surface area contributed by atoms with Crippen LogP contribution in [0.2, 0.25) is 0 Å². The number of carbonyl (C=O) groups excluding carboxylic acids is 2. The second kappa shape index (κ2) is 7.50. The van der Waals surface area contributed by atoms with E-state index in [1.165, 1.54) is 4.90 Å². The highest BCUT2D eigenvalue weighted by Crippen LogP contribution is 2.30. The van der Waals surface area contributed by atoms with Crippen molar-refractivity contribution in [1.82, 2.24) is 10.2 Å². The van der Waals surface area contributed by atoms with Gasteiger partial charge >= 0.3 is 6.03 Å². The summed E-state index contributed by atoms with van der Waals surface area (Å²) in [6.07, 6.45) is 0.571. The minimum Gasteiger partial charge on any atom is -0.494 e. The third-order valence-electron chi connectivity index (χ3n) is 4.46. The van der Waals surface area contributed by atoms with Crippen LogP contribution in [0.5, 0.6) is 5.75 Å². The maximum Gasteiger partial charge on any atom is 0.325 e. The quantitative estimate of drug-likeness (QED) is 0.571. The Morgan fingerprint density at radius 1 is 1.15 bits per heavy atom. The number of hydrogen-bond acceptors (Lipinski definition) is 3. The van der Waals surface area contributed by atoms with Gasteiger partial charge in [0, 0.05) is 11.0 Å². The standard InChI is InChI=1S/C20H21BrN2O3/c1-14-6-3-9-17(12-14)26-11-5-10-23-18(24)20(2,22-19(23)25)15-7-4-8-16(21)13-15/h3-4,6-9,12-13H,5,10-11H2,1-2H3,(H,22,25). The molecular weight excluding hydrogens is 396 g/mol. The van der Waals surface area contributed by atoms with E-state index in [-0.39, 0.29) is 11.9 Å². The van der Waals surface area contributed by atoms with Crippen molar-refractivity contribution >= 4 is 27.9 Å². The van der Waals surface area contributed by atoms with Gasteiger partial charge in [-0.25, -0.2) is 4.79 Å². The van der Waals surface area contributed by atoms with Crippen molar-refractivity contribution in [3.8, 4) is 5.75 Å². The van der Waals surface area contributed by atoms with Crippen molar-refractivity contribution in [1.29, 1.82) is 0 Å². The summed E-state index contributed by atoms with van der Waals surface area (Å²) in [6.45, 7) is 4.50. The lowest BCUT2D eigenvalue weighted by molar-refractivity contribution is -0.131. The van der Waals surface area contributed by atoms with Crippen molar-refractivity contribution in [3.63, 3.8) is 0 Å². The molecule has 2 aromatic carbocycles. The summed E-state index contributed by atoms with van der Waals surface area (Å²) in [6, 6.07) is 14.8. The van der Waals surface area contributed by atoms with Crippen LogP contribution in [-0.4, -0.2) is 30.0 Å². The topological polar surface area (TPSA) is 58.6 Å². The van der Waals surface area contributed by atoms with Gasteiger partial charge in [-0.1, -0.05) is 40.2 Å². The van der Waals surface area contributed by atoms with Crippen LogP contribution in [0.25, 0.3) is 0 Å². The minimum absolute atomic E-state index is 0.240. The van der Waals surface area contributed by atoms with E-state index in [4.69, 9.17) is 4.74 Å². The molecule has 5 nitrogen and oxygen atoms in total. The van der Waals surface area contributed by atoms with Gasteiger partial charge in [-0.15, -0.1) is 0 Å². The van der Waals surface area contributed by atoms with Crippen molar-refractivity contribution in [2.75, 3.05) is 13.2 Å². The van der Waals surface area contributed by atoms with Crippen LogP contribution in [0.1, 0.15) is 24.5 Å². The molecule has 1 aliphatic rings. The Labute approximate surface area is 161 Å². The number of rotatable bonds is 6. The summed E-state index contributed by atoms with van der Waals surface area (Å²) in [5.41, 5.74) is 0.836. The van der Waals surface area contributed by atoms with Gasteiger partial charge in [-0.3, -0.25) is 9.69 Å². The fraction of sp³-hybridized carbons (Fsp3) is 0.300. The van der Waals surface area contributed by atoms with E-state index in [1.54, 1.807) is 6.92 Å². The molecule has 1 atom stereocenters. The Kier molecular flexibility index (Phi) is 5.32. The molecule has 0 aliphatic carbocycles. The van der Waals surface area contributed by atoms with E-state index < -0.39 is 5.54 Å². The summed E-state index contributed by atoms with van der Waals surface area (Å²) < 4.78 is 6.56. The smallest absolute Gasteiger partial charge is 0.325 e. The van der Waals surface area contributed by atoms with Crippen molar-refractivity contribution in [2.45, 2.75) is 25.8 Å². The number of nitrogens with one attached hydrogen (secondary N) is 1. The number of imide groups is 1. The zero-order valence-electron chi connectivity index (χ0n) is 14.8. The molecule has 1 aliphatic heterocycles. The van der Waals surface area contributed by atoms with Gasteiger partial charge in [-0.2, -0.15) is 0 Å². The molecule has 26 heavy (non-hydrogen) atoms. The Balaban J connectivity index is 1.60. The molecule has 0 aromatic heterocycles. The first-order valence-corrected chi connectivity index (χ1v) is 9.29. The third kappa shape index (κ3) is 3.75. The zero-order chi connectivity index (χ0) is 18.7. The van der Waals surface area contributed by atoms with E-state index in [0.717, 1.165) is 21.3 Å². The van der Waals surface area contributed by atoms with E-state index in [2.05, 4.69) is 21.2 Å². The molecule has 136 valence electrons. The predicted molar refractivity (Wildman–Crippen MR) is 103 cm³/mol. The van der Waals surface area contributed by atoms with Crippen LogP contribution in [0, 0.1) is 6.92 Å². The van der Waals surface area contributed by atoms with E-state index in [9.17, 15) is 9.59 Å². The van der Waals surface area contributed by atoms with Crippen LogP contribution in [-0.2, 0) is 10.3 Å². The maximum atomic E-state index is 12.8. The summed E-state index contributed by atoms with van der Waals surface area (Å²) in [4.78, 5) is 26.4. The van der Waals surface area contributed by atoms with Gasteiger partial charge in [-0.05, 0) is 55.7 Å². The Morgan fingerprint density at radius 3 is 2.65 bits per heavy atom. The molecule has 1 N–H and O–H groups in total. The van der Waals surface area contributed by atoms with Crippen LogP contribution in [0.3, 0.4) is 0 Å².